The number of hydrogen-bond acceptors (Lipinski definition) is 4. The summed E-state index contributed by atoms with van der Waals surface area (Å²) in [4.78, 5) is 6.92. The third kappa shape index (κ3) is 12.7. The first-order valence-corrected chi connectivity index (χ1v) is 12.9. The zero-order chi connectivity index (χ0) is 23.5. The van der Waals surface area contributed by atoms with Crippen LogP contribution in [0.3, 0.4) is 0 Å². The van der Waals surface area contributed by atoms with Gasteiger partial charge in [-0.05, 0) is 44.6 Å². The van der Waals surface area contributed by atoms with Crippen LogP contribution in [-0.2, 0) is 11.2 Å². The number of allylic oxidation sites excluding steroid dienone is 1. The largest absolute Gasteiger partial charge is 0.498 e. The molecule has 0 saturated heterocycles. The second-order valence-corrected chi connectivity index (χ2v) is 8.19. The van der Waals surface area contributed by atoms with Gasteiger partial charge in [0, 0.05) is 36.5 Å². The summed E-state index contributed by atoms with van der Waals surface area (Å²) in [5.74, 6) is 2.17. The Morgan fingerprint density at radius 1 is 1.06 bits per heavy atom. The number of rotatable bonds is 11. The second kappa shape index (κ2) is 19.0. The topological polar surface area (TPSA) is 51.4 Å². The molecular formula is C27H51N3O. The van der Waals surface area contributed by atoms with Crippen LogP contribution >= 0.6 is 0 Å². The fourth-order valence-electron chi connectivity index (χ4n) is 3.81. The molecule has 4 heteroatoms. The maximum Gasteiger partial charge on any atom is 0.125 e. The van der Waals surface area contributed by atoms with Crippen molar-refractivity contribution in [1.29, 1.82) is 0 Å². The minimum atomic E-state index is 0.567. The van der Waals surface area contributed by atoms with Gasteiger partial charge in [0.1, 0.15) is 5.82 Å². The number of aromatic nitrogens is 1. The molecule has 0 atom stereocenters. The predicted octanol–water partition coefficient (Wildman–Crippen LogP) is 7.78. The predicted molar refractivity (Wildman–Crippen MR) is 139 cm³/mol. The minimum Gasteiger partial charge on any atom is -0.498 e. The number of aryl methyl sites for hydroxylation is 1. The number of pyridine rings is 1. The smallest absolute Gasteiger partial charge is 0.125 e. The Hall–Kier alpha value is -1.71. The molecule has 4 nitrogen and oxygen atoms in total. The molecule has 1 fully saturated rings. The summed E-state index contributed by atoms with van der Waals surface area (Å²) >= 11 is 0. The van der Waals surface area contributed by atoms with Crippen LogP contribution in [0.1, 0.15) is 105 Å². The molecule has 1 aromatic rings. The lowest BCUT2D eigenvalue weighted by Gasteiger charge is -2.25. The van der Waals surface area contributed by atoms with E-state index in [-0.39, 0.29) is 0 Å². The average molecular weight is 434 g/mol. The van der Waals surface area contributed by atoms with Gasteiger partial charge >= 0.3 is 0 Å². The summed E-state index contributed by atoms with van der Waals surface area (Å²) < 4.78 is 5.92. The molecule has 31 heavy (non-hydrogen) atoms. The molecule has 1 saturated carbocycles. The van der Waals surface area contributed by atoms with Crippen LogP contribution in [0, 0.1) is 5.92 Å². The van der Waals surface area contributed by atoms with Crippen molar-refractivity contribution >= 4 is 11.5 Å². The normalized spacial score (nSPS) is 13.4. The highest BCUT2D eigenvalue weighted by Gasteiger charge is 2.17. The number of nitrogens with zero attached hydrogens (tertiary/aromatic N) is 2. The lowest BCUT2D eigenvalue weighted by atomic mass is 9.88. The Bertz CT molecular complexity index is 562. The minimum absolute atomic E-state index is 0.567. The fraction of sp³-hybridized carbons (Fsp3) is 0.741. The van der Waals surface area contributed by atoms with Gasteiger partial charge < -0.3 is 15.4 Å². The van der Waals surface area contributed by atoms with E-state index in [1.165, 1.54) is 44.2 Å². The molecule has 1 aromatic heterocycles. The van der Waals surface area contributed by atoms with Gasteiger partial charge in [-0.2, -0.15) is 0 Å². The van der Waals surface area contributed by atoms with Crippen molar-refractivity contribution in [3.63, 3.8) is 0 Å². The highest BCUT2D eigenvalue weighted by Crippen LogP contribution is 2.29. The summed E-state index contributed by atoms with van der Waals surface area (Å²) in [6.45, 7) is 19.7. The van der Waals surface area contributed by atoms with Crippen LogP contribution in [0.25, 0.3) is 0 Å². The van der Waals surface area contributed by atoms with Gasteiger partial charge in [-0.25, -0.2) is 4.98 Å². The van der Waals surface area contributed by atoms with Crippen LogP contribution in [0.2, 0.25) is 0 Å². The number of nitrogens with two attached hydrogens (primary N) is 1. The lowest BCUT2D eigenvalue weighted by Crippen LogP contribution is -2.25. The Labute approximate surface area is 193 Å². The average Bonchev–Trinajstić information content (AvgIpc) is 2.78. The molecule has 1 aliphatic rings. The number of ether oxygens (including phenoxy) is 1. The molecule has 0 aromatic carbocycles. The number of anilines is 2. The van der Waals surface area contributed by atoms with Gasteiger partial charge in [-0.1, -0.05) is 73.8 Å². The molecule has 2 rings (SSSR count). The fourth-order valence-corrected chi connectivity index (χ4v) is 3.81. The van der Waals surface area contributed by atoms with E-state index in [1.807, 2.05) is 19.9 Å². The maximum atomic E-state index is 6.06. The summed E-state index contributed by atoms with van der Waals surface area (Å²) in [7, 11) is 0. The van der Waals surface area contributed by atoms with Crippen molar-refractivity contribution < 1.29 is 4.74 Å². The van der Waals surface area contributed by atoms with Crippen molar-refractivity contribution in [2.75, 3.05) is 30.3 Å². The highest BCUT2D eigenvalue weighted by molar-refractivity contribution is 5.54. The molecule has 0 unspecified atom stereocenters. The zero-order valence-corrected chi connectivity index (χ0v) is 21.5. The molecule has 180 valence electrons. The first-order valence-electron chi connectivity index (χ1n) is 12.9. The van der Waals surface area contributed by atoms with Crippen molar-refractivity contribution in [1.82, 2.24) is 4.98 Å². The van der Waals surface area contributed by atoms with Crippen LogP contribution in [0.5, 0.6) is 0 Å². The third-order valence-corrected chi connectivity index (χ3v) is 5.16. The summed E-state index contributed by atoms with van der Waals surface area (Å²) in [5.41, 5.74) is 8.31. The van der Waals surface area contributed by atoms with Crippen molar-refractivity contribution in [2.45, 2.75) is 106 Å². The molecule has 2 N–H and O–H groups in total. The molecule has 0 aliphatic heterocycles. The van der Waals surface area contributed by atoms with E-state index in [2.05, 4.69) is 50.2 Å². The SMILES string of the molecule is C=C(OCCCc1cc(N(CCC)CCC)cc(N)n1)C1CCCCC1.CC.CCC. The van der Waals surface area contributed by atoms with Crippen LogP contribution in [-0.4, -0.2) is 24.7 Å². The molecule has 0 bridgehead atoms. The molecule has 1 heterocycles. The van der Waals surface area contributed by atoms with E-state index in [4.69, 9.17) is 10.5 Å². The van der Waals surface area contributed by atoms with E-state index in [9.17, 15) is 0 Å². The van der Waals surface area contributed by atoms with Gasteiger partial charge in [-0.3, -0.25) is 0 Å². The van der Waals surface area contributed by atoms with Gasteiger partial charge in [0.2, 0.25) is 0 Å². The van der Waals surface area contributed by atoms with Crippen molar-refractivity contribution in [2.24, 2.45) is 5.92 Å². The summed E-state index contributed by atoms with van der Waals surface area (Å²) in [6, 6.07) is 4.19. The van der Waals surface area contributed by atoms with Gasteiger partial charge in [0.05, 0.1) is 12.4 Å². The molecule has 1 aliphatic carbocycles. The molecular weight excluding hydrogens is 382 g/mol. The lowest BCUT2D eigenvalue weighted by molar-refractivity contribution is 0.159. The molecule has 0 radical (unpaired) electrons. The summed E-state index contributed by atoms with van der Waals surface area (Å²) in [5, 5.41) is 0. The van der Waals surface area contributed by atoms with Gasteiger partial charge in [-0.15, -0.1) is 0 Å². The van der Waals surface area contributed by atoms with Crippen LogP contribution in [0.4, 0.5) is 11.5 Å². The highest BCUT2D eigenvalue weighted by atomic mass is 16.5. The quantitative estimate of drug-likeness (QED) is 0.286. The standard InChI is InChI=1S/C22H37N3O.C3H8.C2H6/c1-4-13-25(14-5-2)21-16-20(24-22(23)17-21)12-9-15-26-18(3)19-10-7-6-8-11-19;1-3-2;1-2/h16-17,19H,3-15H2,1-2H3,(H2,23,24);3H2,1-2H3;1-2H3. The Balaban J connectivity index is 0.00000165. The Kier molecular flexibility index (Phi) is 18.0. The molecule has 0 spiro atoms. The van der Waals surface area contributed by atoms with Crippen molar-refractivity contribution in [3.8, 4) is 0 Å². The van der Waals surface area contributed by atoms with E-state index in [1.54, 1.807) is 0 Å². The Morgan fingerprint density at radius 3 is 2.19 bits per heavy atom. The van der Waals surface area contributed by atoms with E-state index >= 15 is 0 Å². The van der Waals surface area contributed by atoms with E-state index in [0.29, 0.717) is 11.7 Å². The first-order chi connectivity index (χ1) is 15.0. The van der Waals surface area contributed by atoms with E-state index in [0.717, 1.165) is 56.8 Å². The van der Waals surface area contributed by atoms with Crippen molar-refractivity contribution in [3.05, 3.63) is 30.2 Å². The Morgan fingerprint density at radius 2 is 1.65 bits per heavy atom. The zero-order valence-electron chi connectivity index (χ0n) is 21.5. The maximum absolute atomic E-state index is 6.06. The number of hydrogen-bond donors (Lipinski definition) is 1. The van der Waals surface area contributed by atoms with Crippen LogP contribution in [0.15, 0.2) is 24.5 Å². The number of nitrogen functional groups attached to an aromatic ring is 1. The monoisotopic (exact) mass is 433 g/mol. The third-order valence-electron chi connectivity index (χ3n) is 5.16. The molecule has 0 amide bonds. The first kappa shape index (κ1) is 29.3. The van der Waals surface area contributed by atoms with Gasteiger partial charge in [0.25, 0.3) is 0 Å². The second-order valence-electron chi connectivity index (χ2n) is 8.19. The van der Waals surface area contributed by atoms with E-state index < -0.39 is 0 Å². The summed E-state index contributed by atoms with van der Waals surface area (Å²) in [6.07, 6.45) is 11.8. The van der Waals surface area contributed by atoms with Gasteiger partial charge in [0.15, 0.2) is 0 Å². The van der Waals surface area contributed by atoms with Crippen LogP contribution < -0.4 is 10.6 Å².